The Hall–Kier alpha value is -2.43. The van der Waals surface area contributed by atoms with Gasteiger partial charge in [0.25, 0.3) is 0 Å². The van der Waals surface area contributed by atoms with E-state index in [9.17, 15) is 4.79 Å². The summed E-state index contributed by atoms with van der Waals surface area (Å²) in [6.07, 6.45) is 2.78. The van der Waals surface area contributed by atoms with Gasteiger partial charge in [0.1, 0.15) is 0 Å². The van der Waals surface area contributed by atoms with Crippen LogP contribution in [0.1, 0.15) is 34.0 Å². The number of hydrogen-bond acceptors (Lipinski definition) is 5. The first-order valence-corrected chi connectivity index (χ1v) is 6.96. The Bertz CT molecular complexity index is 679. The van der Waals surface area contributed by atoms with Crippen LogP contribution in [0.25, 0.3) is 0 Å². The van der Waals surface area contributed by atoms with E-state index < -0.39 is 0 Å². The molecule has 0 saturated carbocycles. The molecular weight excluding hydrogens is 264 g/mol. The number of rotatable bonds is 2. The van der Waals surface area contributed by atoms with Gasteiger partial charge < -0.3 is 10.6 Å². The Morgan fingerprint density at radius 1 is 1.19 bits per heavy atom. The lowest BCUT2D eigenvalue weighted by atomic mass is 9.82. The van der Waals surface area contributed by atoms with Crippen LogP contribution in [0.3, 0.4) is 0 Å². The van der Waals surface area contributed by atoms with Crippen LogP contribution in [0.15, 0.2) is 30.5 Å². The van der Waals surface area contributed by atoms with Gasteiger partial charge in [0.05, 0.1) is 11.3 Å². The minimum Gasteiger partial charge on any atom is -0.378 e. The fourth-order valence-corrected chi connectivity index (χ4v) is 2.74. The molecule has 0 radical (unpaired) electrons. The minimum atomic E-state index is 0.0953. The lowest BCUT2D eigenvalue weighted by Crippen LogP contribution is -2.21. The molecule has 0 unspecified atom stereocenters. The van der Waals surface area contributed by atoms with Crippen LogP contribution in [0.4, 0.5) is 11.6 Å². The lowest BCUT2D eigenvalue weighted by molar-refractivity contribution is 0.0963. The van der Waals surface area contributed by atoms with Crippen LogP contribution < -0.4 is 10.6 Å². The number of nitrogen functional groups attached to an aromatic ring is 1. The monoisotopic (exact) mass is 282 g/mol. The zero-order valence-corrected chi connectivity index (χ0v) is 12.2. The second-order valence-electron chi connectivity index (χ2n) is 5.60. The first-order valence-electron chi connectivity index (χ1n) is 6.96. The maximum Gasteiger partial charge on any atom is 0.220 e. The number of ketones is 1. The van der Waals surface area contributed by atoms with E-state index in [-0.39, 0.29) is 17.6 Å². The van der Waals surface area contributed by atoms with Gasteiger partial charge in [-0.15, -0.1) is 0 Å². The first-order chi connectivity index (χ1) is 10.0. The number of carbonyl (C=O) groups excluding carboxylic acids is 1. The molecule has 0 aliphatic heterocycles. The molecule has 1 heterocycles. The molecule has 3 rings (SSSR count). The van der Waals surface area contributed by atoms with Crippen LogP contribution in [0.5, 0.6) is 0 Å². The average Bonchev–Trinajstić information content (AvgIpc) is 2.46. The van der Waals surface area contributed by atoms with Crippen LogP contribution in [0, 0.1) is 0 Å². The molecule has 1 aromatic heterocycles. The SMILES string of the molecule is CN(C)c1ccc([C@@H]2CC(=O)c3cnc(N)nc3C2)cc1. The molecule has 0 bridgehead atoms. The highest BCUT2D eigenvalue weighted by Crippen LogP contribution is 2.32. The molecule has 0 saturated heterocycles. The Kier molecular flexibility index (Phi) is 3.33. The molecule has 0 fully saturated rings. The maximum absolute atomic E-state index is 12.2. The van der Waals surface area contributed by atoms with Crippen molar-refractivity contribution >= 4 is 17.4 Å². The van der Waals surface area contributed by atoms with Gasteiger partial charge in [-0.25, -0.2) is 9.97 Å². The zero-order valence-electron chi connectivity index (χ0n) is 12.2. The molecule has 21 heavy (non-hydrogen) atoms. The summed E-state index contributed by atoms with van der Waals surface area (Å²) >= 11 is 0. The second kappa shape index (κ2) is 5.16. The molecule has 5 heteroatoms. The van der Waals surface area contributed by atoms with E-state index in [2.05, 4.69) is 39.1 Å². The van der Waals surface area contributed by atoms with Gasteiger partial charge in [-0.05, 0) is 30.0 Å². The van der Waals surface area contributed by atoms with Gasteiger partial charge >= 0.3 is 0 Å². The number of Topliss-reactive ketones (excluding diaryl/α,β-unsaturated/α-hetero) is 1. The van der Waals surface area contributed by atoms with E-state index >= 15 is 0 Å². The minimum absolute atomic E-state index is 0.0953. The predicted octanol–water partition coefficient (Wildman–Crippen LogP) is 2.04. The van der Waals surface area contributed by atoms with Crippen molar-refractivity contribution in [3.8, 4) is 0 Å². The van der Waals surface area contributed by atoms with E-state index in [0.29, 0.717) is 12.0 Å². The normalized spacial score (nSPS) is 17.4. The fourth-order valence-electron chi connectivity index (χ4n) is 2.74. The van der Waals surface area contributed by atoms with Gasteiger partial charge in [0.2, 0.25) is 5.95 Å². The number of anilines is 2. The van der Waals surface area contributed by atoms with Crippen LogP contribution >= 0.6 is 0 Å². The summed E-state index contributed by atoms with van der Waals surface area (Å²) in [6.45, 7) is 0. The van der Waals surface area contributed by atoms with Gasteiger partial charge in [-0.1, -0.05) is 12.1 Å². The molecule has 2 N–H and O–H groups in total. The average molecular weight is 282 g/mol. The quantitative estimate of drug-likeness (QED) is 0.912. The molecule has 2 aromatic rings. The molecule has 5 nitrogen and oxygen atoms in total. The molecule has 0 spiro atoms. The Morgan fingerprint density at radius 2 is 1.90 bits per heavy atom. The third-order valence-electron chi connectivity index (χ3n) is 3.94. The molecule has 0 amide bonds. The Labute approximate surface area is 123 Å². The molecule has 1 aliphatic rings. The zero-order chi connectivity index (χ0) is 15.0. The third-order valence-corrected chi connectivity index (χ3v) is 3.94. The maximum atomic E-state index is 12.2. The molecule has 1 aromatic carbocycles. The summed E-state index contributed by atoms with van der Waals surface area (Å²) in [5, 5.41) is 0. The predicted molar refractivity (Wildman–Crippen MR) is 82.6 cm³/mol. The van der Waals surface area contributed by atoms with E-state index in [4.69, 9.17) is 5.73 Å². The fraction of sp³-hybridized carbons (Fsp3) is 0.312. The highest BCUT2D eigenvalue weighted by Gasteiger charge is 2.27. The lowest BCUT2D eigenvalue weighted by Gasteiger charge is -2.23. The number of aromatic nitrogens is 2. The van der Waals surface area contributed by atoms with Crippen LogP contribution in [-0.4, -0.2) is 29.8 Å². The summed E-state index contributed by atoms with van der Waals surface area (Å²) in [5.41, 5.74) is 9.32. The van der Waals surface area contributed by atoms with E-state index in [1.165, 1.54) is 0 Å². The Morgan fingerprint density at radius 3 is 2.57 bits per heavy atom. The summed E-state index contributed by atoms with van der Waals surface area (Å²) in [7, 11) is 4.02. The number of fused-ring (bicyclic) bond motifs is 1. The third kappa shape index (κ3) is 2.59. The van der Waals surface area contributed by atoms with Gasteiger partial charge in [0, 0.05) is 32.4 Å². The van der Waals surface area contributed by atoms with Gasteiger partial charge in [0.15, 0.2) is 5.78 Å². The topological polar surface area (TPSA) is 72.1 Å². The molecule has 1 aliphatic carbocycles. The summed E-state index contributed by atoms with van der Waals surface area (Å²) in [4.78, 5) is 22.4. The van der Waals surface area contributed by atoms with E-state index in [1.54, 1.807) is 6.20 Å². The van der Waals surface area contributed by atoms with Crippen molar-refractivity contribution in [1.29, 1.82) is 0 Å². The van der Waals surface area contributed by atoms with E-state index in [0.717, 1.165) is 23.4 Å². The number of carbonyl (C=O) groups is 1. The Balaban J connectivity index is 1.89. The highest BCUT2D eigenvalue weighted by molar-refractivity contribution is 5.98. The van der Waals surface area contributed by atoms with Gasteiger partial charge in [-0.2, -0.15) is 0 Å². The largest absolute Gasteiger partial charge is 0.378 e. The summed E-state index contributed by atoms with van der Waals surface area (Å²) in [5.74, 6) is 0.485. The van der Waals surface area contributed by atoms with Crippen molar-refractivity contribution in [3.63, 3.8) is 0 Å². The van der Waals surface area contributed by atoms with E-state index in [1.807, 2.05) is 14.1 Å². The number of nitrogens with zero attached hydrogens (tertiary/aromatic N) is 3. The van der Waals surface area contributed by atoms with Crippen molar-refractivity contribution in [2.45, 2.75) is 18.8 Å². The molecule has 1 atom stereocenters. The number of hydrogen-bond donors (Lipinski definition) is 1. The van der Waals surface area contributed by atoms with Crippen LogP contribution in [-0.2, 0) is 6.42 Å². The first kappa shape index (κ1) is 13.5. The molecular formula is C16H18N4O. The van der Waals surface area contributed by atoms with Crippen molar-refractivity contribution < 1.29 is 4.79 Å². The van der Waals surface area contributed by atoms with Crippen LogP contribution in [0.2, 0.25) is 0 Å². The van der Waals surface area contributed by atoms with Crippen molar-refractivity contribution in [1.82, 2.24) is 9.97 Å². The van der Waals surface area contributed by atoms with Crippen molar-refractivity contribution in [2.24, 2.45) is 0 Å². The molecule has 108 valence electrons. The van der Waals surface area contributed by atoms with Crippen molar-refractivity contribution in [3.05, 3.63) is 47.3 Å². The smallest absolute Gasteiger partial charge is 0.220 e. The highest BCUT2D eigenvalue weighted by atomic mass is 16.1. The standard InChI is InChI=1S/C16H18N4O/c1-20(2)12-5-3-10(4-6-12)11-7-14-13(15(21)8-11)9-18-16(17)19-14/h3-6,9,11H,7-8H2,1-2H3,(H2,17,18,19)/t11-/m0/s1. The van der Waals surface area contributed by atoms with Crippen molar-refractivity contribution in [2.75, 3.05) is 24.7 Å². The number of benzene rings is 1. The summed E-state index contributed by atoms with van der Waals surface area (Å²) in [6, 6.07) is 8.32. The second-order valence-corrected chi connectivity index (χ2v) is 5.60. The summed E-state index contributed by atoms with van der Waals surface area (Å²) < 4.78 is 0. The van der Waals surface area contributed by atoms with Gasteiger partial charge in [-0.3, -0.25) is 4.79 Å². The number of nitrogens with two attached hydrogens (primary N) is 1.